The van der Waals surface area contributed by atoms with Crippen LogP contribution in [0.25, 0.3) is 0 Å². The number of nitrogens with zero attached hydrogens (tertiary/aromatic N) is 1. The molecule has 2 aromatic rings. The van der Waals surface area contributed by atoms with Gasteiger partial charge in [0.2, 0.25) is 5.91 Å². The number of carbonyl (C=O) groups is 1. The summed E-state index contributed by atoms with van der Waals surface area (Å²) in [5.74, 6) is 0.220. The van der Waals surface area contributed by atoms with E-state index in [1.54, 1.807) is 11.3 Å². The highest BCUT2D eigenvalue weighted by Gasteiger charge is 2.22. The highest BCUT2D eigenvalue weighted by molar-refractivity contribution is 7.09. The Morgan fingerprint density at radius 1 is 1.22 bits per heavy atom. The van der Waals surface area contributed by atoms with Crippen molar-refractivity contribution in [3.05, 3.63) is 58.3 Å². The normalized spacial score (nSPS) is 17.3. The number of carbonyl (C=O) groups excluding carboxylic acids is 1. The van der Waals surface area contributed by atoms with Crippen molar-refractivity contribution in [2.75, 3.05) is 13.2 Å². The summed E-state index contributed by atoms with van der Waals surface area (Å²) in [6, 6.07) is 14.3. The van der Waals surface area contributed by atoms with Crippen LogP contribution < -0.4 is 0 Å². The molecule has 1 atom stereocenters. The molecule has 1 fully saturated rings. The van der Waals surface area contributed by atoms with Crippen molar-refractivity contribution in [1.29, 1.82) is 0 Å². The third kappa shape index (κ3) is 4.91. The summed E-state index contributed by atoms with van der Waals surface area (Å²) in [7, 11) is 0. The molecule has 3 rings (SSSR count). The number of amides is 1. The van der Waals surface area contributed by atoms with E-state index in [0.29, 0.717) is 19.5 Å². The van der Waals surface area contributed by atoms with Gasteiger partial charge < -0.3 is 9.64 Å². The molecule has 1 aromatic carbocycles. The van der Waals surface area contributed by atoms with Gasteiger partial charge in [0.05, 0.1) is 12.6 Å². The number of aryl methyl sites for hydroxylation is 1. The second-order valence-electron chi connectivity index (χ2n) is 5.97. The molecule has 1 aliphatic rings. The molecule has 1 amide bonds. The van der Waals surface area contributed by atoms with Crippen LogP contribution in [-0.4, -0.2) is 30.1 Å². The maximum Gasteiger partial charge on any atom is 0.223 e. The van der Waals surface area contributed by atoms with Crippen molar-refractivity contribution in [2.45, 2.75) is 38.3 Å². The quantitative estimate of drug-likeness (QED) is 0.771. The van der Waals surface area contributed by atoms with Crippen molar-refractivity contribution in [3.63, 3.8) is 0 Å². The summed E-state index contributed by atoms with van der Waals surface area (Å²) in [6.07, 6.45) is 3.73. The van der Waals surface area contributed by atoms with E-state index in [-0.39, 0.29) is 12.0 Å². The smallest absolute Gasteiger partial charge is 0.223 e. The molecule has 23 heavy (non-hydrogen) atoms. The third-order valence-electron chi connectivity index (χ3n) is 4.20. The number of benzene rings is 1. The van der Waals surface area contributed by atoms with E-state index in [1.807, 2.05) is 29.2 Å². The van der Waals surface area contributed by atoms with Gasteiger partial charge >= 0.3 is 0 Å². The predicted molar refractivity (Wildman–Crippen MR) is 93.5 cm³/mol. The Balaban J connectivity index is 1.59. The summed E-state index contributed by atoms with van der Waals surface area (Å²) in [5.41, 5.74) is 1.22. The largest absolute Gasteiger partial charge is 0.376 e. The van der Waals surface area contributed by atoms with Crippen LogP contribution in [0, 0.1) is 0 Å². The number of hydrogen-bond acceptors (Lipinski definition) is 3. The lowest BCUT2D eigenvalue weighted by Crippen LogP contribution is -2.36. The minimum Gasteiger partial charge on any atom is -0.376 e. The van der Waals surface area contributed by atoms with Crippen LogP contribution >= 0.6 is 11.3 Å². The van der Waals surface area contributed by atoms with Crippen LogP contribution in [0.5, 0.6) is 0 Å². The lowest BCUT2D eigenvalue weighted by atomic mass is 10.1. The van der Waals surface area contributed by atoms with E-state index in [4.69, 9.17) is 4.74 Å². The molecule has 122 valence electrons. The summed E-state index contributed by atoms with van der Waals surface area (Å²) >= 11 is 1.71. The average Bonchev–Trinajstić information content (AvgIpc) is 3.27. The van der Waals surface area contributed by atoms with Crippen LogP contribution in [0.1, 0.15) is 29.7 Å². The number of hydrogen-bond donors (Lipinski definition) is 0. The van der Waals surface area contributed by atoms with Gasteiger partial charge in [-0.1, -0.05) is 36.4 Å². The molecular formula is C19H23NO2S. The van der Waals surface area contributed by atoms with Gasteiger partial charge in [0.1, 0.15) is 0 Å². The first-order chi connectivity index (χ1) is 11.3. The van der Waals surface area contributed by atoms with E-state index in [9.17, 15) is 4.79 Å². The SMILES string of the molecule is O=C(CCc1ccccc1)N(Cc1cccs1)CC1CCCO1. The highest BCUT2D eigenvalue weighted by Crippen LogP contribution is 2.18. The maximum absolute atomic E-state index is 12.7. The van der Waals surface area contributed by atoms with Crippen LogP contribution in [0.4, 0.5) is 0 Å². The summed E-state index contributed by atoms with van der Waals surface area (Å²) < 4.78 is 5.73. The first-order valence-electron chi connectivity index (χ1n) is 8.27. The molecule has 3 nitrogen and oxygen atoms in total. The number of ether oxygens (including phenoxy) is 1. The fourth-order valence-corrected chi connectivity index (χ4v) is 3.65. The van der Waals surface area contributed by atoms with Gasteiger partial charge in [-0.05, 0) is 36.3 Å². The molecule has 1 aromatic heterocycles. The van der Waals surface area contributed by atoms with Crippen LogP contribution in [0.2, 0.25) is 0 Å². The Bertz CT molecular complexity index is 591. The summed E-state index contributed by atoms with van der Waals surface area (Å²) in [6.45, 7) is 2.24. The fourth-order valence-electron chi connectivity index (χ4n) is 2.93. The zero-order valence-electron chi connectivity index (χ0n) is 13.3. The van der Waals surface area contributed by atoms with Crippen molar-refractivity contribution >= 4 is 17.2 Å². The standard InChI is InChI=1S/C19H23NO2S/c21-19(11-10-16-6-2-1-3-7-16)20(14-17-8-4-12-22-17)15-18-9-5-13-23-18/h1-3,5-7,9,13,17H,4,8,10-12,14-15H2. The molecule has 1 aliphatic heterocycles. The van der Waals surface area contributed by atoms with Crippen LogP contribution in [0.15, 0.2) is 47.8 Å². The summed E-state index contributed by atoms with van der Waals surface area (Å²) in [5, 5.41) is 2.06. The molecule has 0 spiro atoms. The Hall–Kier alpha value is -1.65. The van der Waals surface area contributed by atoms with Crippen molar-refractivity contribution in [3.8, 4) is 0 Å². The first-order valence-corrected chi connectivity index (χ1v) is 9.15. The molecular weight excluding hydrogens is 306 g/mol. The van der Waals surface area contributed by atoms with Crippen molar-refractivity contribution in [2.24, 2.45) is 0 Å². The van der Waals surface area contributed by atoms with Gasteiger partial charge in [-0.25, -0.2) is 0 Å². The second-order valence-corrected chi connectivity index (χ2v) is 7.01. The second kappa shape index (κ2) is 8.27. The zero-order chi connectivity index (χ0) is 15.9. The van der Waals surface area contributed by atoms with Gasteiger partial charge in [0, 0.05) is 24.4 Å². The third-order valence-corrected chi connectivity index (χ3v) is 5.06. The number of thiophene rings is 1. The van der Waals surface area contributed by atoms with Crippen molar-refractivity contribution in [1.82, 2.24) is 4.90 Å². The van der Waals surface area contributed by atoms with Crippen LogP contribution in [0.3, 0.4) is 0 Å². The maximum atomic E-state index is 12.7. The lowest BCUT2D eigenvalue weighted by Gasteiger charge is -2.25. The molecule has 4 heteroatoms. The molecule has 0 N–H and O–H groups in total. The van der Waals surface area contributed by atoms with Crippen LogP contribution in [-0.2, 0) is 22.5 Å². The van der Waals surface area contributed by atoms with Gasteiger partial charge in [-0.15, -0.1) is 11.3 Å². The van der Waals surface area contributed by atoms with Gasteiger partial charge in [-0.2, -0.15) is 0 Å². The van der Waals surface area contributed by atoms with E-state index in [1.165, 1.54) is 10.4 Å². The zero-order valence-corrected chi connectivity index (χ0v) is 14.1. The fraction of sp³-hybridized carbons (Fsp3) is 0.421. The van der Waals surface area contributed by atoms with Gasteiger partial charge in [0.15, 0.2) is 0 Å². The van der Waals surface area contributed by atoms with Gasteiger partial charge in [0.25, 0.3) is 0 Å². The minimum absolute atomic E-state index is 0.204. The monoisotopic (exact) mass is 329 g/mol. The molecule has 0 saturated carbocycles. The Labute approximate surface area is 141 Å². The topological polar surface area (TPSA) is 29.5 Å². The first kappa shape index (κ1) is 16.2. The summed E-state index contributed by atoms with van der Waals surface area (Å²) in [4.78, 5) is 15.9. The molecule has 0 aliphatic carbocycles. The molecule has 0 radical (unpaired) electrons. The Morgan fingerprint density at radius 3 is 2.78 bits per heavy atom. The van der Waals surface area contributed by atoms with E-state index in [0.717, 1.165) is 25.9 Å². The van der Waals surface area contributed by atoms with E-state index >= 15 is 0 Å². The molecule has 2 heterocycles. The average molecular weight is 329 g/mol. The molecule has 0 bridgehead atoms. The van der Waals surface area contributed by atoms with Gasteiger partial charge in [-0.3, -0.25) is 4.79 Å². The predicted octanol–water partition coefficient (Wildman–Crippen LogP) is 3.89. The van der Waals surface area contributed by atoms with Crippen molar-refractivity contribution < 1.29 is 9.53 Å². The molecule has 1 saturated heterocycles. The lowest BCUT2D eigenvalue weighted by molar-refractivity contribution is -0.133. The minimum atomic E-state index is 0.204. The Kier molecular flexibility index (Phi) is 5.83. The Morgan fingerprint density at radius 2 is 2.09 bits per heavy atom. The highest BCUT2D eigenvalue weighted by atomic mass is 32.1. The van der Waals surface area contributed by atoms with E-state index in [2.05, 4.69) is 23.6 Å². The van der Waals surface area contributed by atoms with E-state index < -0.39 is 0 Å². The molecule has 1 unspecified atom stereocenters. The number of rotatable bonds is 7.